The fourth-order valence-electron chi connectivity index (χ4n) is 1.62. The van der Waals surface area contributed by atoms with Crippen LogP contribution in [0.5, 0.6) is 0 Å². The van der Waals surface area contributed by atoms with E-state index in [9.17, 15) is 4.79 Å². The largest absolute Gasteiger partial charge is 0.385 e. The third-order valence-corrected chi connectivity index (χ3v) is 2.44. The second kappa shape index (κ2) is 6.79. The number of methoxy groups -OCH3 is 1. The third kappa shape index (κ3) is 4.07. The zero-order chi connectivity index (χ0) is 10.2. The molecule has 0 unspecified atom stereocenters. The van der Waals surface area contributed by atoms with E-state index >= 15 is 0 Å². The Bertz CT molecular complexity index is 168. The number of carbonyl (C=O) groups excluding carboxylic acids is 1. The average molecular weight is 200 g/mol. The first kappa shape index (κ1) is 11.5. The molecule has 0 aromatic heterocycles. The van der Waals surface area contributed by atoms with Crippen LogP contribution in [-0.4, -0.2) is 50.7 Å². The Morgan fingerprint density at radius 1 is 1.43 bits per heavy atom. The van der Waals surface area contributed by atoms with Crippen molar-refractivity contribution in [3.8, 4) is 0 Å². The van der Waals surface area contributed by atoms with Gasteiger partial charge in [0.2, 0.25) is 5.91 Å². The van der Waals surface area contributed by atoms with E-state index in [-0.39, 0.29) is 5.91 Å². The second-order valence-electron chi connectivity index (χ2n) is 3.61. The van der Waals surface area contributed by atoms with Gasteiger partial charge in [-0.1, -0.05) is 0 Å². The summed E-state index contributed by atoms with van der Waals surface area (Å²) in [4.78, 5) is 13.4. The van der Waals surface area contributed by atoms with Gasteiger partial charge >= 0.3 is 0 Å². The molecule has 1 N–H and O–H groups in total. The van der Waals surface area contributed by atoms with E-state index in [2.05, 4.69) is 5.32 Å². The van der Waals surface area contributed by atoms with Gasteiger partial charge in [-0.05, 0) is 25.8 Å². The molecule has 1 amide bonds. The lowest BCUT2D eigenvalue weighted by atomic mass is 10.4. The van der Waals surface area contributed by atoms with Gasteiger partial charge < -0.3 is 15.0 Å². The highest BCUT2D eigenvalue weighted by molar-refractivity contribution is 5.78. The van der Waals surface area contributed by atoms with Crippen LogP contribution in [0.25, 0.3) is 0 Å². The number of hydrogen-bond acceptors (Lipinski definition) is 3. The van der Waals surface area contributed by atoms with Gasteiger partial charge in [0, 0.05) is 26.8 Å². The molecule has 0 atom stereocenters. The molecule has 14 heavy (non-hydrogen) atoms. The Balaban J connectivity index is 1.97. The van der Waals surface area contributed by atoms with Crippen LogP contribution in [0, 0.1) is 0 Å². The molecule has 0 spiro atoms. The molecule has 1 aliphatic rings. The molecule has 1 saturated heterocycles. The van der Waals surface area contributed by atoms with Crippen LogP contribution in [0.15, 0.2) is 0 Å². The quantitative estimate of drug-likeness (QED) is 0.624. The smallest absolute Gasteiger partial charge is 0.236 e. The molecular weight excluding hydrogens is 180 g/mol. The van der Waals surface area contributed by atoms with Crippen LogP contribution in [0.2, 0.25) is 0 Å². The lowest BCUT2D eigenvalue weighted by Crippen LogP contribution is -2.36. The molecule has 1 fully saturated rings. The van der Waals surface area contributed by atoms with Crippen molar-refractivity contribution in [1.82, 2.24) is 10.2 Å². The summed E-state index contributed by atoms with van der Waals surface area (Å²) in [5.74, 6) is 0.236. The molecule has 0 saturated carbocycles. The molecule has 4 nitrogen and oxygen atoms in total. The maximum Gasteiger partial charge on any atom is 0.236 e. The minimum Gasteiger partial charge on any atom is -0.385 e. The maximum atomic E-state index is 11.5. The van der Waals surface area contributed by atoms with Crippen LogP contribution in [-0.2, 0) is 9.53 Å². The fourth-order valence-corrected chi connectivity index (χ4v) is 1.62. The molecule has 1 heterocycles. The monoisotopic (exact) mass is 200 g/mol. The molecular formula is C10H20N2O2. The Morgan fingerprint density at radius 3 is 2.79 bits per heavy atom. The predicted octanol–water partition coefficient (Wildman–Crippen LogP) is 0.235. The van der Waals surface area contributed by atoms with Crippen molar-refractivity contribution in [2.45, 2.75) is 19.3 Å². The van der Waals surface area contributed by atoms with E-state index in [0.29, 0.717) is 6.54 Å². The molecule has 1 rings (SSSR count). The predicted molar refractivity (Wildman–Crippen MR) is 55.2 cm³/mol. The molecule has 0 aromatic carbocycles. The van der Waals surface area contributed by atoms with Crippen LogP contribution in [0.1, 0.15) is 19.3 Å². The molecule has 82 valence electrons. The zero-order valence-corrected chi connectivity index (χ0v) is 8.92. The Kier molecular flexibility index (Phi) is 5.56. The van der Waals surface area contributed by atoms with E-state index < -0.39 is 0 Å². The second-order valence-corrected chi connectivity index (χ2v) is 3.61. The first-order chi connectivity index (χ1) is 6.84. The molecule has 0 aromatic rings. The van der Waals surface area contributed by atoms with Crippen molar-refractivity contribution >= 4 is 5.91 Å². The van der Waals surface area contributed by atoms with Crippen molar-refractivity contribution in [1.29, 1.82) is 0 Å². The molecule has 4 heteroatoms. The summed E-state index contributed by atoms with van der Waals surface area (Å²) < 4.78 is 4.91. The Morgan fingerprint density at radius 2 is 2.14 bits per heavy atom. The van der Waals surface area contributed by atoms with Crippen molar-refractivity contribution in [3.05, 3.63) is 0 Å². The van der Waals surface area contributed by atoms with Crippen molar-refractivity contribution in [3.63, 3.8) is 0 Å². The van der Waals surface area contributed by atoms with Gasteiger partial charge in [-0.2, -0.15) is 0 Å². The number of nitrogens with zero attached hydrogens (tertiary/aromatic N) is 1. The van der Waals surface area contributed by atoms with E-state index in [1.54, 1.807) is 7.11 Å². The van der Waals surface area contributed by atoms with Crippen LogP contribution < -0.4 is 5.32 Å². The number of carbonyl (C=O) groups is 1. The Labute approximate surface area is 85.6 Å². The summed E-state index contributed by atoms with van der Waals surface area (Å²) in [6, 6.07) is 0. The van der Waals surface area contributed by atoms with Gasteiger partial charge in [0.05, 0.1) is 6.54 Å². The van der Waals surface area contributed by atoms with Crippen molar-refractivity contribution in [2.24, 2.45) is 0 Å². The van der Waals surface area contributed by atoms with E-state index in [1.807, 2.05) is 4.90 Å². The van der Waals surface area contributed by atoms with Gasteiger partial charge in [-0.15, -0.1) is 0 Å². The summed E-state index contributed by atoms with van der Waals surface area (Å²) >= 11 is 0. The highest BCUT2D eigenvalue weighted by Crippen LogP contribution is 2.06. The normalized spacial score (nSPS) is 16.2. The molecule has 0 bridgehead atoms. The van der Waals surface area contributed by atoms with Crippen LogP contribution >= 0.6 is 0 Å². The lowest BCUT2D eigenvalue weighted by Gasteiger charge is -2.15. The lowest BCUT2D eigenvalue weighted by molar-refractivity contribution is -0.129. The number of amides is 1. The first-order valence-corrected chi connectivity index (χ1v) is 5.32. The van der Waals surface area contributed by atoms with Crippen molar-refractivity contribution in [2.75, 3.05) is 39.9 Å². The summed E-state index contributed by atoms with van der Waals surface area (Å²) in [6.07, 6.45) is 3.29. The molecule has 0 radical (unpaired) electrons. The third-order valence-electron chi connectivity index (χ3n) is 2.44. The van der Waals surface area contributed by atoms with E-state index in [4.69, 9.17) is 4.74 Å². The zero-order valence-electron chi connectivity index (χ0n) is 8.92. The van der Waals surface area contributed by atoms with Gasteiger partial charge in [-0.3, -0.25) is 4.79 Å². The fraction of sp³-hybridized carbons (Fsp3) is 0.900. The number of hydrogen-bond donors (Lipinski definition) is 1. The standard InChI is InChI=1S/C10H20N2O2/c1-14-8-4-5-11-9-10(13)12-6-2-3-7-12/h11H,2-9H2,1H3. The molecule has 0 aliphatic carbocycles. The van der Waals surface area contributed by atoms with Gasteiger partial charge in [0.1, 0.15) is 0 Å². The number of likely N-dealkylation sites (tertiary alicyclic amines) is 1. The number of nitrogens with one attached hydrogen (secondary N) is 1. The summed E-state index contributed by atoms with van der Waals surface area (Å²) in [5.41, 5.74) is 0. The number of ether oxygens (including phenoxy) is 1. The first-order valence-electron chi connectivity index (χ1n) is 5.32. The number of rotatable bonds is 6. The van der Waals surface area contributed by atoms with Gasteiger partial charge in [0.25, 0.3) is 0 Å². The topological polar surface area (TPSA) is 41.6 Å². The SMILES string of the molecule is COCCCNCC(=O)N1CCCC1. The molecule has 1 aliphatic heterocycles. The van der Waals surface area contributed by atoms with Crippen LogP contribution in [0.3, 0.4) is 0 Å². The summed E-state index contributed by atoms with van der Waals surface area (Å²) in [6.45, 7) is 3.97. The van der Waals surface area contributed by atoms with Crippen molar-refractivity contribution < 1.29 is 9.53 Å². The van der Waals surface area contributed by atoms with Crippen LogP contribution in [0.4, 0.5) is 0 Å². The van der Waals surface area contributed by atoms with Gasteiger partial charge in [0.15, 0.2) is 0 Å². The van der Waals surface area contributed by atoms with Gasteiger partial charge in [-0.25, -0.2) is 0 Å². The van der Waals surface area contributed by atoms with E-state index in [0.717, 1.165) is 45.5 Å². The average Bonchev–Trinajstić information content (AvgIpc) is 2.70. The minimum absolute atomic E-state index is 0.236. The summed E-state index contributed by atoms with van der Waals surface area (Å²) in [7, 11) is 1.69. The summed E-state index contributed by atoms with van der Waals surface area (Å²) in [5, 5.41) is 3.13. The minimum atomic E-state index is 0.236. The van der Waals surface area contributed by atoms with E-state index in [1.165, 1.54) is 0 Å². The Hall–Kier alpha value is -0.610. The highest BCUT2D eigenvalue weighted by Gasteiger charge is 2.16. The maximum absolute atomic E-state index is 11.5. The highest BCUT2D eigenvalue weighted by atomic mass is 16.5.